The van der Waals surface area contributed by atoms with Gasteiger partial charge in [-0.2, -0.15) is 0 Å². The third kappa shape index (κ3) is 7.68. The Bertz CT molecular complexity index is 1580. The third-order valence-corrected chi connectivity index (χ3v) is 8.64. The number of benzene rings is 4. The van der Waals surface area contributed by atoms with E-state index in [-0.39, 0.29) is 22.1 Å². The molecule has 0 aromatic heterocycles. The van der Waals surface area contributed by atoms with Gasteiger partial charge in [0.2, 0.25) is 5.91 Å². The lowest BCUT2D eigenvalue weighted by Crippen LogP contribution is -2.38. The molecule has 0 radical (unpaired) electrons. The van der Waals surface area contributed by atoms with Gasteiger partial charge in [0.05, 0.1) is 28.4 Å². The number of ether oxygens (including phenoxy) is 1. The van der Waals surface area contributed by atoms with Crippen LogP contribution in [0.5, 0.6) is 5.75 Å². The Hall–Kier alpha value is -4.28. The van der Waals surface area contributed by atoms with Crippen molar-refractivity contribution in [2.24, 2.45) is 0 Å². The topological polar surface area (TPSA) is 105 Å². The van der Waals surface area contributed by atoms with Crippen molar-refractivity contribution in [1.29, 1.82) is 0 Å². The molecule has 0 aliphatic carbocycles. The first kappa shape index (κ1) is 29.7. The molecule has 2 amide bonds. The molecule has 0 heterocycles. The van der Waals surface area contributed by atoms with Gasteiger partial charge in [0.25, 0.3) is 15.9 Å². The van der Waals surface area contributed by atoms with Gasteiger partial charge in [-0.1, -0.05) is 42.5 Å². The van der Waals surface area contributed by atoms with Crippen LogP contribution < -0.4 is 19.7 Å². The number of nitrogens with one attached hydrogen (secondary N) is 2. The van der Waals surface area contributed by atoms with Crippen LogP contribution in [0.2, 0.25) is 0 Å². The van der Waals surface area contributed by atoms with Crippen molar-refractivity contribution < 1.29 is 22.7 Å². The summed E-state index contributed by atoms with van der Waals surface area (Å²) in [5, 5.41) is 5.59. The number of hydrogen-bond acceptors (Lipinski definition) is 6. The molecule has 10 heteroatoms. The quantitative estimate of drug-likeness (QED) is 0.209. The Morgan fingerprint density at radius 2 is 1.51 bits per heavy atom. The number of carbonyl (C=O) groups excluding carboxylic acids is 2. The minimum absolute atomic E-state index is 0.0534. The lowest BCUT2D eigenvalue weighted by Gasteiger charge is -2.24. The highest BCUT2D eigenvalue weighted by Gasteiger charge is 2.28. The summed E-state index contributed by atoms with van der Waals surface area (Å²) in [6.07, 6.45) is 1.90. The molecule has 41 heavy (non-hydrogen) atoms. The second kappa shape index (κ2) is 13.9. The second-order valence-corrected chi connectivity index (χ2v) is 11.6. The molecule has 0 aliphatic rings. The average Bonchev–Trinajstić information content (AvgIpc) is 3.00. The molecule has 0 saturated carbocycles. The molecule has 212 valence electrons. The van der Waals surface area contributed by atoms with E-state index in [0.717, 1.165) is 14.8 Å². The van der Waals surface area contributed by atoms with Crippen molar-refractivity contribution in [3.63, 3.8) is 0 Å². The van der Waals surface area contributed by atoms with Crippen molar-refractivity contribution >= 4 is 45.0 Å². The number of anilines is 2. The predicted octanol–water partition coefficient (Wildman–Crippen LogP) is 5.57. The van der Waals surface area contributed by atoms with Crippen LogP contribution in [0.1, 0.15) is 22.8 Å². The molecular weight excluding hydrogens is 558 g/mol. The fraction of sp³-hybridized carbons (Fsp3) is 0.161. The van der Waals surface area contributed by atoms with E-state index in [1.54, 1.807) is 60.7 Å². The Labute approximate surface area is 244 Å². The number of thioether (sulfide) groups is 1. The summed E-state index contributed by atoms with van der Waals surface area (Å²) >= 11 is 1.50. The zero-order valence-electron chi connectivity index (χ0n) is 22.7. The second-order valence-electron chi connectivity index (χ2n) is 8.88. The number of nitrogens with zero attached hydrogens (tertiary/aromatic N) is 1. The van der Waals surface area contributed by atoms with Gasteiger partial charge >= 0.3 is 0 Å². The molecule has 2 N–H and O–H groups in total. The smallest absolute Gasteiger partial charge is 0.264 e. The molecule has 0 unspecified atom stereocenters. The first-order valence-corrected chi connectivity index (χ1v) is 15.6. The fourth-order valence-electron chi connectivity index (χ4n) is 4.05. The van der Waals surface area contributed by atoms with Crippen LogP contribution in [0.3, 0.4) is 0 Å². The maximum absolute atomic E-state index is 13.8. The van der Waals surface area contributed by atoms with Gasteiger partial charge in [0.15, 0.2) is 0 Å². The number of sulfonamides is 1. The van der Waals surface area contributed by atoms with Crippen molar-refractivity contribution in [2.45, 2.75) is 23.3 Å². The molecule has 4 rings (SSSR count). The van der Waals surface area contributed by atoms with Crippen molar-refractivity contribution in [1.82, 2.24) is 5.32 Å². The van der Waals surface area contributed by atoms with E-state index in [9.17, 15) is 18.0 Å². The summed E-state index contributed by atoms with van der Waals surface area (Å²) in [5.41, 5.74) is 1.77. The van der Waals surface area contributed by atoms with Gasteiger partial charge in [-0.05, 0) is 79.4 Å². The molecule has 4 aromatic carbocycles. The average molecular weight is 590 g/mol. The van der Waals surface area contributed by atoms with E-state index >= 15 is 0 Å². The molecule has 0 saturated heterocycles. The zero-order chi connectivity index (χ0) is 29.2. The van der Waals surface area contributed by atoms with E-state index in [1.165, 1.54) is 23.9 Å². The fourth-order valence-corrected chi connectivity index (χ4v) is 5.88. The highest BCUT2D eigenvalue weighted by atomic mass is 32.2. The van der Waals surface area contributed by atoms with E-state index in [2.05, 4.69) is 10.6 Å². The monoisotopic (exact) mass is 589 g/mol. The number of para-hydroxylation sites is 1. The molecule has 0 atom stereocenters. The van der Waals surface area contributed by atoms with Gasteiger partial charge < -0.3 is 15.4 Å². The number of carbonyl (C=O) groups is 2. The van der Waals surface area contributed by atoms with E-state index in [1.807, 2.05) is 43.5 Å². The lowest BCUT2D eigenvalue weighted by molar-refractivity contribution is -0.114. The van der Waals surface area contributed by atoms with Crippen LogP contribution in [0.4, 0.5) is 11.4 Å². The van der Waals surface area contributed by atoms with E-state index in [0.29, 0.717) is 24.6 Å². The first-order chi connectivity index (χ1) is 19.8. The van der Waals surface area contributed by atoms with Gasteiger partial charge in [-0.3, -0.25) is 13.9 Å². The minimum atomic E-state index is -4.11. The van der Waals surface area contributed by atoms with Gasteiger partial charge in [0.1, 0.15) is 12.3 Å². The minimum Gasteiger partial charge on any atom is -0.494 e. The van der Waals surface area contributed by atoms with Crippen LogP contribution in [-0.2, 0) is 21.4 Å². The Morgan fingerprint density at radius 3 is 2.17 bits per heavy atom. The molecule has 0 aliphatic heterocycles. The largest absolute Gasteiger partial charge is 0.494 e. The molecule has 0 spiro atoms. The van der Waals surface area contributed by atoms with Crippen LogP contribution in [0.25, 0.3) is 0 Å². The highest BCUT2D eigenvalue weighted by molar-refractivity contribution is 7.98. The molecular formula is C31H31N3O5S2. The van der Waals surface area contributed by atoms with E-state index < -0.39 is 22.5 Å². The summed E-state index contributed by atoms with van der Waals surface area (Å²) in [4.78, 5) is 27.3. The third-order valence-electron chi connectivity index (χ3n) is 6.11. The van der Waals surface area contributed by atoms with E-state index in [4.69, 9.17) is 4.74 Å². The summed E-state index contributed by atoms with van der Waals surface area (Å²) in [5.74, 6) is -0.390. The van der Waals surface area contributed by atoms with Gasteiger partial charge in [-0.15, -0.1) is 11.8 Å². The number of hydrogen-bond donors (Lipinski definition) is 2. The summed E-state index contributed by atoms with van der Waals surface area (Å²) in [7, 11) is -4.11. The van der Waals surface area contributed by atoms with Crippen LogP contribution in [-0.4, -0.2) is 39.6 Å². The number of rotatable bonds is 12. The van der Waals surface area contributed by atoms with Crippen LogP contribution in [0, 0.1) is 0 Å². The maximum Gasteiger partial charge on any atom is 0.264 e. The molecule has 0 fully saturated rings. The summed E-state index contributed by atoms with van der Waals surface area (Å²) in [6, 6.07) is 29.0. The zero-order valence-corrected chi connectivity index (χ0v) is 24.4. The summed E-state index contributed by atoms with van der Waals surface area (Å²) in [6.45, 7) is 2.12. The van der Waals surface area contributed by atoms with Crippen molar-refractivity contribution in [3.8, 4) is 5.75 Å². The predicted molar refractivity (Wildman–Crippen MR) is 163 cm³/mol. The Morgan fingerprint density at radius 1 is 0.854 bits per heavy atom. The maximum atomic E-state index is 13.8. The Kier molecular flexibility index (Phi) is 10.0. The molecule has 0 bridgehead atoms. The Balaban J connectivity index is 1.57. The van der Waals surface area contributed by atoms with Gasteiger partial charge in [-0.25, -0.2) is 8.42 Å². The van der Waals surface area contributed by atoms with Crippen LogP contribution >= 0.6 is 11.8 Å². The van der Waals surface area contributed by atoms with Gasteiger partial charge in [0, 0.05) is 11.4 Å². The van der Waals surface area contributed by atoms with Crippen molar-refractivity contribution in [2.75, 3.05) is 29.0 Å². The lowest BCUT2D eigenvalue weighted by atomic mass is 10.1. The first-order valence-electron chi connectivity index (χ1n) is 12.9. The highest BCUT2D eigenvalue weighted by Crippen LogP contribution is 2.27. The SMILES string of the molecule is CCOc1ccc(N(CC(=O)Nc2ccccc2C(=O)NCc2ccccc2)S(=O)(=O)c2ccc(SC)cc2)cc1. The molecule has 4 aromatic rings. The van der Waals surface area contributed by atoms with Crippen molar-refractivity contribution in [3.05, 3.63) is 114 Å². The normalized spacial score (nSPS) is 11.0. The number of amides is 2. The van der Waals surface area contributed by atoms with Crippen LogP contribution in [0.15, 0.2) is 113 Å². The standard InChI is InChI=1S/C31H31N3O5S2/c1-3-39-25-15-13-24(14-16-25)34(41(37,38)27-19-17-26(40-2)18-20-27)22-30(35)33-29-12-8-7-11-28(29)31(36)32-21-23-9-5-4-6-10-23/h4-20H,3,21-22H2,1-2H3,(H,32,36)(H,33,35). The summed E-state index contributed by atoms with van der Waals surface area (Å²) < 4.78 is 34.1. The molecule has 8 nitrogen and oxygen atoms in total.